The normalized spacial score (nSPS) is 25.6. The highest BCUT2D eigenvalue weighted by molar-refractivity contribution is 5.89. The third-order valence-electron chi connectivity index (χ3n) is 9.95. The van der Waals surface area contributed by atoms with Gasteiger partial charge < -0.3 is 23.8 Å². The second-order valence-electron chi connectivity index (χ2n) is 14.1. The number of ether oxygens (including phenoxy) is 4. The molecule has 2 aromatic rings. The standard InChI is InChI=1S/C36H45F2N3O7/c1-8-10-11-23-24-14-20(24)15-29(23)48-30(42)18-25(35(3,4)5)33(43)41-19-22(17-28(41)34(44)46-7)47-32-31(36(37,38)9-2)39-26-13-12-21(45-6)16-27(26)40-32/h8-9,12-13,16,20,22-25,28-29H,1-2,10-11,14-15,17-19H2,3-7H3/t20-,22+,23+,24-,25+,28-,29+/m0/s1. The van der Waals surface area contributed by atoms with Crippen LogP contribution in [0.1, 0.15) is 65.0 Å². The molecule has 1 saturated heterocycles. The first-order valence-corrected chi connectivity index (χ1v) is 16.4. The number of aromatic nitrogens is 2. The number of fused-ring (bicyclic) bond motifs is 2. The number of hydrogen-bond acceptors (Lipinski definition) is 9. The minimum atomic E-state index is -3.59. The molecule has 260 valence electrons. The largest absolute Gasteiger partial charge is 0.497 e. The summed E-state index contributed by atoms with van der Waals surface area (Å²) in [5.74, 6) is -4.60. The minimum Gasteiger partial charge on any atom is -0.497 e. The van der Waals surface area contributed by atoms with E-state index in [4.69, 9.17) is 18.9 Å². The van der Waals surface area contributed by atoms with Crippen molar-refractivity contribution in [2.45, 2.75) is 83.5 Å². The van der Waals surface area contributed by atoms with Crippen LogP contribution in [0, 0.1) is 29.1 Å². The number of halogens is 2. The monoisotopic (exact) mass is 669 g/mol. The quantitative estimate of drug-likeness (QED) is 0.186. The fourth-order valence-electron chi connectivity index (χ4n) is 7.19. The molecule has 1 aromatic heterocycles. The van der Waals surface area contributed by atoms with E-state index in [1.54, 1.807) is 6.07 Å². The van der Waals surface area contributed by atoms with Crippen molar-refractivity contribution in [3.63, 3.8) is 0 Å². The van der Waals surface area contributed by atoms with E-state index in [0.717, 1.165) is 25.7 Å². The van der Waals surface area contributed by atoms with Crippen LogP contribution in [0.5, 0.6) is 11.6 Å². The zero-order valence-corrected chi connectivity index (χ0v) is 28.2. The molecule has 10 nitrogen and oxygen atoms in total. The molecular formula is C36H45F2N3O7. The Kier molecular flexibility index (Phi) is 10.1. The lowest BCUT2D eigenvalue weighted by atomic mass is 9.77. The molecule has 2 saturated carbocycles. The smallest absolute Gasteiger partial charge is 0.328 e. The van der Waals surface area contributed by atoms with E-state index in [1.807, 2.05) is 26.8 Å². The highest BCUT2D eigenvalue weighted by Gasteiger charge is 2.54. The molecule has 1 aromatic carbocycles. The average Bonchev–Trinajstić information content (AvgIpc) is 3.54. The molecule has 3 fully saturated rings. The van der Waals surface area contributed by atoms with Gasteiger partial charge >= 0.3 is 17.9 Å². The van der Waals surface area contributed by atoms with Crippen molar-refractivity contribution < 1.29 is 42.1 Å². The van der Waals surface area contributed by atoms with Gasteiger partial charge in [-0.2, -0.15) is 8.78 Å². The first-order chi connectivity index (χ1) is 22.7. The Balaban J connectivity index is 1.37. The first-order valence-electron chi connectivity index (χ1n) is 16.4. The summed E-state index contributed by atoms with van der Waals surface area (Å²) in [7, 11) is 2.67. The predicted molar refractivity (Wildman–Crippen MR) is 173 cm³/mol. The van der Waals surface area contributed by atoms with Crippen molar-refractivity contribution in [2.24, 2.45) is 29.1 Å². The van der Waals surface area contributed by atoms with Gasteiger partial charge in [0.25, 0.3) is 0 Å². The number of carbonyl (C=O) groups is 3. The Morgan fingerprint density at radius 3 is 2.48 bits per heavy atom. The molecule has 0 spiro atoms. The topological polar surface area (TPSA) is 117 Å². The van der Waals surface area contributed by atoms with E-state index in [2.05, 4.69) is 23.1 Å². The summed E-state index contributed by atoms with van der Waals surface area (Å²) in [4.78, 5) is 50.4. The molecule has 12 heteroatoms. The number of likely N-dealkylation sites (tertiary alicyclic amines) is 1. The maximum absolute atomic E-state index is 15.1. The van der Waals surface area contributed by atoms with Crippen LogP contribution in [0.15, 0.2) is 43.5 Å². The predicted octanol–water partition coefficient (Wildman–Crippen LogP) is 6.02. The van der Waals surface area contributed by atoms with Crippen LogP contribution in [0.3, 0.4) is 0 Å². The lowest BCUT2D eigenvalue weighted by molar-refractivity contribution is -0.160. The third kappa shape index (κ3) is 7.32. The van der Waals surface area contributed by atoms with Gasteiger partial charge in [0.1, 0.15) is 24.0 Å². The van der Waals surface area contributed by atoms with Crippen LogP contribution in [0.2, 0.25) is 0 Å². The Hall–Kier alpha value is -4.09. The summed E-state index contributed by atoms with van der Waals surface area (Å²) in [6.45, 7) is 12.5. The Bertz CT molecular complexity index is 1570. The lowest BCUT2D eigenvalue weighted by Gasteiger charge is -2.34. The van der Waals surface area contributed by atoms with E-state index >= 15 is 8.78 Å². The van der Waals surface area contributed by atoms with Gasteiger partial charge in [0, 0.05) is 12.5 Å². The fraction of sp³-hybridized carbons (Fsp3) is 0.583. The summed E-state index contributed by atoms with van der Waals surface area (Å²) in [5.41, 5.74) is -0.989. The number of esters is 2. The Morgan fingerprint density at radius 1 is 1.08 bits per heavy atom. The number of rotatable bonds is 13. The maximum atomic E-state index is 15.1. The molecule has 2 heterocycles. The average molecular weight is 670 g/mol. The maximum Gasteiger partial charge on any atom is 0.328 e. The van der Waals surface area contributed by atoms with Crippen LogP contribution < -0.4 is 9.47 Å². The summed E-state index contributed by atoms with van der Waals surface area (Å²) in [5, 5.41) is 0. The summed E-state index contributed by atoms with van der Waals surface area (Å²) in [6, 6.07) is 3.55. The third-order valence-corrected chi connectivity index (χ3v) is 9.95. The second kappa shape index (κ2) is 13.8. The molecule has 0 unspecified atom stereocenters. The van der Waals surface area contributed by atoms with Crippen LogP contribution in [-0.4, -0.2) is 71.7 Å². The van der Waals surface area contributed by atoms with Crippen LogP contribution in [-0.2, 0) is 29.8 Å². The van der Waals surface area contributed by atoms with Crippen molar-refractivity contribution in [2.75, 3.05) is 20.8 Å². The van der Waals surface area contributed by atoms with Gasteiger partial charge in [-0.1, -0.05) is 33.4 Å². The van der Waals surface area contributed by atoms with E-state index in [1.165, 1.54) is 31.3 Å². The van der Waals surface area contributed by atoms with Gasteiger partial charge in [-0.3, -0.25) is 9.59 Å². The molecule has 5 rings (SSSR count). The zero-order chi connectivity index (χ0) is 35.0. The van der Waals surface area contributed by atoms with E-state index in [0.29, 0.717) is 29.6 Å². The Labute approximate surface area is 279 Å². The van der Waals surface area contributed by atoms with Crippen molar-refractivity contribution in [1.82, 2.24) is 14.9 Å². The Morgan fingerprint density at radius 2 is 1.83 bits per heavy atom. The van der Waals surface area contributed by atoms with E-state index < -0.39 is 58.8 Å². The number of carbonyl (C=O) groups excluding carboxylic acids is 3. The number of benzene rings is 1. The van der Waals surface area contributed by atoms with Gasteiger partial charge in [-0.05, 0) is 67.1 Å². The number of nitrogens with zero attached hydrogens (tertiary/aromatic N) is 3. The zero-order valence-electron chi connectivity index (χ0n) is 28.2. The van der Waals surface area contributed by atoms with Crippen molar-refractivity contribution >= 4 is 28.9 Å². The minimum absolute atomic E-state index is 0.0491. The van der Waals surface area contributed by atoms with Crippen molar-refractivity contribution in [3.8, 4) is 11.6 Å². The van der Waals surface area contributed by atoms with Gasteiger partial charge in [0.2, 0.25) is 11.8 Å². The lowest BCUT2D eigenvalue weighted by Crippen LogP contribution is -2.48. The number of methoxy groups -OCH3 is 2. The summed E-state index contributed by atoms with van der Waals surface area (Å²) in [6.07, 6.45) is 4.76. The summed E-state index contributed by atoms with van der Waals surface area (Å²) >= 11 is 0. The van der Waals surface area contributed by atoms with Crippen LogP contribution >= 0.6 is 0 Å². The van der Waals surface area contributed by atoms with E-state index in [-0.39, 0.29) is 36.5 Å². The van der Waals surface area contributed by atoms with Crippen LogP contribution in [0.4, 0.5) is 8.78 Å². The highest BCUT2D eigenvalue weighted by Crippen LogP contribution is 2.57. The van der Waals surface area contributed by atoms with Gasteiger partial charge in [-0.25, -0.2) is 14.8 Å². The number of allylic oxidation sites excluding steroid dienone is 2. The highest BCUT2D eigenvalue weighted by atomic mass is 19.3. The molecule has 0 bridgehead atoms. The van der Waals surface area contributed by atoms with E-state index in [9.17, 15) is 14.4 Å². The molecular weight excluding hydrogens is 624 g/mol. The number of alkyl halides is 2. The number of hydrogen-bond donors (Lipinski definition) is 0. The molecule has 3 aliphatic rings. The molecule has 48 heavy (non-hydrogen) atoms. The molecule has 0 N–H and O–H groups in total. The fourth-order valence-corrected chi connectivity index (χ4v) is 7.19. The molecule has 1 amide bonds. The second-order valence-corrected chi connectivity index (χ2v) is 14.1. The van der Waals surface area contributed by atoms with Gasteiger partial charge in [0.05, 0.1) is 44.1 Å². The number of amides is 1. The molecule has 2 aliphatic carbocycles. The SMILES string of the molecule is C=CCC[C@@H]1[C@H]2C[C@H]2C[C@H]1OC(=O)C[C@H](C(=O)N1C[C@H](Oc2nc3cc(OC)ccc3nc2C(F)(F)C=C)C[C@H]1C(=O)OC)C(C)(C)C. The van der Waals surface area contributed by atoms with Gasteiger partial charge in [-0.15, -0.1) is 6.58 Å². The van der Waals surface area contributed by atoms with Crippen LogP contribution in [0.25, 0.3) is 11.0 Å². The first kappa shape index (κ1) is 35.2. The van der Waals surface area contributed by atoms with Crippen molar-refractivity contribution in [1.29, 1.82) is 0 Å². The van der Waals surface area contributed by atoms with Gasteiger partial charge in [0.15, 0.2) is 5.69 Å². The summed E-state index contributed by atoms with van der Waals surface area (Å²) < 4.78 is 52.4. The molecule has 0 radical (unpaired) electrons. The molecule has 1 aliphatic heterocycles. The molecule has 7 atom stereocenters. The van der Waals surface area contributed by atoms with Crippen molar-refractivity contribution in [3.05, 3.63) is 49.2 Å².